The highest BCUT2D eigenvalue weighted by molar-refractivity contribution is 6.10. The first-order valence-electron chi connectivity index (χ1n) is 9.29. The number of para-hydroxylation sites is 1. The van der Waals surface area contributed by atoms with Gasteiger partial charge in [0, 0.05) is 43.5 Å². The van der Waals surface area contributed by atoms with Gasteiger partial charge in [-0.05, 0) is 48.5 Å². The van der Waals surface area contributed by atoms with Gasteiger partial charge in [-0.25, -0.2) is 4.79 Å². The van der Waals surface area contributed by atoms with Crippen LogP contribution in [0, 0.1) is 0 Å². The number of benzene rings is 2. The highest BCUT2D eigenvalue weighted by atomic mass is 16.4. The third-order valence-corrected chi connectivity index (χ3v) is 4.77. The molecule has 5 heteroatoms. The molecule has 1 fully saturated rings. The molecule has 5 nitrogen and oxygen atoms in total. The maximum Gasteiger partial charge on any atom is 0.328 e. The summed E-state index contributed by atoms with van der Waals surface area (Å²) in [6, 6.07) is 15.1. The Morgan fingerprint density at radius 3 is 2.21 bits per heavy atom. The van der Waals surface area contributed by atoms with Crippen LogP contribution in [0.1, 0.15) is 21.5 Å². The molecule has 1 saturated heterocycles. The lowest BCUT2D eigenvalue weighted by atomic mass is 10.0. The van der Waals surface area contributed by atoms with E-state index < -0.39 is 5.97 Å². The Morgan fingerprint density at radius 1 is 0.893 bits per heavy atom. The average Bonchev–Trinajstić information content (AvgIpc) is 2.71. The topological polar surface area (TPSA) is 60.9 Å². The van der Waals surface area contributed by atoms with Crippen LogP contribution >= 0.6 is 0 Å². The second kappa shape index (κ2) is 9.15. The number of piperazine rings is 1. The largest absolute Gasteiger partial charge is 0.478 e. The van der Waals surface area contributed by atoms with Gasteiger partial charge in [0.15, 0.2) is 5.78 Å². The number of allylic oxidation sites excluding steroid dienone is 1. The van der Waals surface area contributed by atoms with Crippen LogP contribution < -0.4 is 4.90 Å². The Morgan fingerprint density at radius 2 is 1.54 bits per heavy atom. The number of carbonyl (C=O) groups excluding carboxylic acids is 1. The molecule has 28 heavy (non-hydrogen) atoms. The highest BCUT2D eigenvalue weighted by Gasteiger charge is 2.18. The van der Waals surface area contributed by atoms with Crippen molar-refractivity contribution in [3.05, 3.63) is 77.4 Å². The number of aliphatic carboxylic acids is 1. The molecular weight excluding hydrogens is 352 g/mol. The van der Waals surface area contributed by atoms with Gasteiger partial charge in [-0.2, -0.15) is 0 Å². The molecule has 1 aliphatic heterocycles. The molecule has 0 radical (unpaired) electrons. The van der Waals surface area contributed by atoms with Crippen LogP contribution in [0.4, 0.5) is 5.69 Å². The fraction of sp³-hybridized carbons (Fsp3) is 0.217. The summed E-state index contributed by atoms with van der Waals surface area (Å²) < 4.78 is 0. The van der Waals surface area contributed by atoms with Gasteiger partial charge in [0.1, 0.15) is 0 Å². The maximum absolute atomic E-state index is 12.8. The van der Waals surface area contributed by atoms with E-state index in [4.69, 9.17) is 5.11 Å². The van der Waals surface area contributed by atoms with E-state index in [0.717, 1.165) is 49.1 Å². The minimum absolute atomic E-state index is 0.0407. The summed E-state index contributed by atoms with van der Waals surface area (Å²) in [5, 5.41) is 8.74. The molecule has 2 aromatic carbocycles. The number of carboxylic acid groups (broad SMARTS) is 1. The summed E-state index contributed by atoms with van der Waals surface area (Å²) in [6.45, 7) is 3.77. The zero-order valence-electron chi connectivity index (χ0n) is 15.9. The number of hydrogen-bond donors (Lipinski definition) is 1. The third-order valence-electron chi connectivity index (χ3n) is 4.77. The zero-order chi connectivity index (χ0) is 19.9. The fourth-order valence-corrected chi connectivity index (χ4v) is 3.20. The summed E-state index contributed by atoms with van der Waals surface area (Å²) in [6.07, 6.45) is 5.97. The molecule has 0 bridgehead atoms. The van der Waals surface area contributed by atoms with Crippen molar-refractivity contribution in [2.75, 3.05) is 38.1 Å². The minimum atomic E-state index is -0.989. The van der Waals surface area contributed by atoms with Crippen LogP contribution in [0.5, 0.6) is 0 Å². The average molecular weight is 376 g/mol. The first kappa shape index (κ1) is 19.6. The van der Waals surface area contributed by atoms with Crippen molar-refractivity contribution < 1.29 is 14.7 Å². The van der Waals surface area contributed by atoms with Crippen LogP contribution in [0.25, 0.3) is 12.2 Å². The Hall–Kier alpha value is -3.18. The van der Waals surface area contributed by atoms with Gasteiger partial charge >= 0.3 is 5.97 Å². The number of likely N-dealkylation sites (N-methyl/N-ethyl adjacent to an activating group) is 1. The molecule has 0 spiro atoms. The predicted molar refractivity (Wildman–Crippen MR) is 113 cm³/mol. The van der Waals surface area contributed by atoms with E-state index in [1.54, 1.807) is 12.2 Å². The number of nitrogens with zero attached hydrogens (tertiary/aromatic N) is 2. The Kier molecular flexibility index (Phi) is 6.40. The molecule has 0 amide bonds. The number of rotatable bonds is 6. The number of carbonyl (C=O) groups is 2. The Labute approximate surface area is 165 Å². The second-order valence-corrected chi connectivity index (χ2v) is 6.85. The van der Waals surface area contributed by atoms with Crippen LogP contribution in [0.15, 0.2) is 60.7 Å². The molecule has 0 unspecified atom stereocenters. The van der Waals surface area contributed by atoms with Crippen molar-refractivity contribution in [2.45, 2.75) is 0 Å². The van der Waals surface area contributed by atoms with Crippen LogP contribution in [0.3, 0.4) is 0 Å². The molecule has 2 aromatic rings. The molecule has 3 rings (SSSR count). The summed E-state index contributed by atoms with van der Waals surface area (Å²) >= 11 is 0. The molecule has 0 aromatic heterocycles. The molecule has 0 atom stereocenters. The van der Waals surface area contributed by atoms with Gasteiger partial charge in [-0.1, -0.05) is 36.4 Å². The molecule has 1 N–H and O–H groups in total. The Balaban J connectivity index is 1.77. The molecule has 1 heterocycles. The van der Waals surface area contributed by atoms with Crippen molar-refractivity contribution in [1.82, 2.24) is 4.90 Å². The van der Waals surface area contributed by atoms with Crippen molar-refractivity contribution in [2.24, 2.45) is 0 Å². The first-order chi connectivity index (χ1) is 13.5. The first-order valence-corrected chi connectivity index (χ1v) is 9.29. The van der Waals surface area contributed by atoms with E-state index in [2.05, 4.69) is 16.8 Å². The van der Waals surface area contributed by atoms with Gasteiger partial charge in [-0.15, -0.1) is 0 Å². The molecule has 0 aliphatic carbocycles. The number of hydrogen-bond acceptors (Lipinski definition) is 4. The number of ketones is 1. The van der Waals surface area contributed by atoms with Crippen molar-refractivity contribution >= 4 is 29.6 Å². The summed E-state index contributed by atoms with van der Waals surface area (Å²) in [5.74, 6) is -1.03. The smallest absolute Gasteiger partial charge is 0.328 e. The van der Waals surface area contributed by atoms with Crippen LogP contribution in [-0.2, 0) is 4.79 Å². The van der Waals surface area contributed by atoms with Gasteiger partial charge in [0.05, 0.1) is 0 Å². The van der Waals surface area contributed by atoms with Crippen molar-refractivity contribution in [3.8, 4) is 0 Å². The molecule has 144 valence electrons. The SMILES string of the molecule is CN1CCN(c2ccccc2C(=O)C=Cc2cccc(C=CC(=O)O)c2)CC1. The quantitative estimate of drug-likeness (QED) is 0.618. The van der Waals surface area contributed by atoms with E-state index in [9.17, 15) is 9.59 Å². The fourth-order valence-electron chi connectivity index (χ4n) is 3.20. The van der Waals surface area contributed by atoms with Crippen LogP contribution in [-0.4, -0.2) is 55.0 Å². The lowest BCUT2D eigenvalue weighted by Crippen LogP contribution is -2.44. The maximum atomic E-state index is 12.8. The second-order valence-electron chi connectivity index (χ2n) is 6.85. The van der Waals surface area contributed by atoms with Gasteiger partial charge < -0.3 is 14.9 Å². The van der Waals surface area contributed by atoms with Crippen LogP contribution in [0.2, 0.25) is 0 Å². The number of carboxylic acids is 1. The summed E-state index contributed by atoms with van der Waals surface area (Å²) in [4.78, 5) is 28.0. The van der Waals surface area contributed by atoms with E-state index >= 15 is 0 Å². The Bertz CT molecular complexity index is 910. The zero-order valence-corrected chi connectivity index (χ0v) is 15.9. The summed E-state index contributed by atoms with van der Waals surface area (Å²) in [5.41, 5.74) is 3.29. The lowest BCUT2D eigenvalue weighted by Gasteiger charge is -2.34. The monoisotopic (exact) mass is 376 g/mol. The van der Waals surface area contributed by atoms with E-state index in [0.29, 0.717) is 5.56 Å². The molecule has 1 aliphatic rings. The normalized spacial score (nSPS) is 15.4. The molecular formula is C23H24N2O3. The molecule has 0 saturated carbocycles. The highest BCUT2D eigenvalue weighted by Crippen LogP contribution is 2.23. The number of anilines is 1. The van der Waals surface area contributed by atoms with E-state index in [-0.39, 0.29) is 5.78 Å². The standard InChI is InChI=1S/C23H24N2O3/c1-24-13-15-25(16-14-24)21-8-3-2-7-20(21)22(26)11-9-18-5-4-6-19(17-18)10-12-23(27)28/h2-12,17H,13-16H2,1H3,(H,27,28). The third kappa shape index (κ3) is 5.18. The summed E-state index contributed by atoms with van der Waals surface area (Å²) in [7, 11) is 2.11. The minimum Gasteiger partial charge on any atom is -0.478 e. The lowest BCUT2D eigenvalue weighted by molar-refractivity contribution is -0.131. The van der Waals surface area contributed by atoms with Crippen molar-refractivity contribution in [1.29, 1.82) is 0 Å². The van der Waals surface area contributed by atoms with Gasteiger partial charge in [0.25, 0.3) is 0 Å². The van der Waals surface area contributed by atoms with Gasteiger partial charge in [-0.3, -0.25) is 4.79 Å². The van der Waals surface area contributed by atoms with Crippen molar-refractivity contribution in [3.63, 3.8) is 0 Å². The van der Waals surface area contributed by atoms with E-state index in [1.165, 1.54) is 6.08 Å². The predicted octanol–water partition coefficient (Wildman–Crippen LogP) is 3.43. The van der Waals surface area contributed by atoms with E-state index in [1.807, 2.05) is 48.5 Å². The van der Waals surface area contributed by atoms with Gasteiger partial charge in [0.2, 0.25) is 0 Å².